The van der Waals surface area contributed by atoms with E-state index < -0.39 is 0 Å². The monoisotopic (exact) mass is 429 g/mol. The summed E-state index contributed by atoms with van der Waals surface area (Å²) >= 11 is 1.60. The van der Waals surface area contributed by atoms with Crippen molar-refractivity contribution >= 4 is 28.9 Å². The highest BCUT2D eigenvalue weighted by Crippen LogP contribution is 2.34. The zero-order valence-electron chi connectivity index (χ0n) is 17.5. The van der Waals surface area contributed by atoms with E-state index in [2.05, 4.69) is 5.10 Å². The molecule has 30 heavy (non-hydrogen) atoms. The first-order valence-electron chi connectivity index (χ1n) is 9.79. The largest absolute Gasteiger partial charge is 0.383 e. The summed E-state index contributed by atoms with van der Waals surface area (Å²) in [7, 11) is 3.02. The predicted octanol–water partition coefficient (Wildman–Crippen LogP) is 2.86. The number of nitrogens with zero attached hydrogens (tertiary/aromatic N) is 3. The van der Waals surface area contributed by atoms with Crippen LogP contribution >= 0.6 is 11.3 Å². The van der Waals surface area contributed by atoms with Gasteiger partial charge in [0.1, 0.15) is 13.2 Å². The van der Waals surface area contributed by atoms with Crippen molar-refractivity contribution in [3.8, 4) is 0 Å². The van der Waals surface area contributed by atoms with Gasteiger partial charge >= 0.3 is 0 Å². The third kappa shape index (κ3) is 5.33. The average Bonchev–Trinajstić information content (AvgIpc) is 3.41. The molecule has 1 aliphatic rings. The van der Waals surface area contributed by atoms with Crippen LogP contribution in [0.5, 0.6) is 0 Å². The van der Waals surface area contributed by atoms with Gasteiger partial charge in [0.05, 0.1) is 23.2 Å². The molecule has 0 bridgehead atoms. The smallest absolute Gasteiger partial charge is 0.262 e. The summed E-state index contributed by atoms with van der Waals surface area (Å²) in [6.07, 6.45) is 0.638. The van der Waals surface area contributed by atoms with Gasteiger partial charge < -0.3 is 14.4 Å². The Labute approximate surface area is 180 Å². The van der Waals surface area contributed by atoms with E-state index in [0.29, 0.717) is 19.6 Å². The second-order valence-electron chi connectivity index (χ2n) is 7.13. The lowest BCUT2D eigenvalue weighted by atomic mass is 10.00. The molecule has 1 aromatic heterocycles. The Bertz CT molecular complexity index is 880. The van der Waals surface area contributed by atoms with E-state index in [1.165, 1.54) is 17.0 Å². The van der Waals surface area contributed by atoms with Crippen molar-refractivity contribution in [2.75, 3.05) is 40.5 Å². The summed E-state index contributed by atoms with van der Waals surface area (Å²) in [5.74, 6) is -0.482. The molecule has 1 aliphatic heterocycles. The third-order valence-electron chi connectivity index (χ3n) is 4.95. The fourth-order valence-electron chi connectivity index (χ4n) is 3.32. The first-order valence-corrected chi connectivity index (χ1v) is 10.7. The summed E-state index contributed by atoms with van der Waals surface area (Å²) in [5.41, 5.74) is 3.07. The molecule has 0 aliphatic carbocycles. The molecule has 7 nitrogen and oxygen atoms in total. The summed E-state index contributed by atoms with van der Waals surface area (Å²) in [6.45, 7) is 2.53. The number of hydrogen-bond donors (Lipinski definition) is 0. The van der Waals surface area contributed by atoms with Gasteiger partial charge in [-0.05, 0) is 23.9 Å². The van der Waals surface area contributed by atoms with E-state index in [0.717, 1.165) is 21.7 Å². The summed E-state index contributed by atoms with van der Waals surface area (Å²) in [4.78, 5) is 28.1. The van der Waals surface area contributed by atoms with Crippen LogP contribution in [0.1, 0.15) is 28.5 Å². The minimum absolute atomic E-state index is 0.0743. The molecule has 2 amide bonds. The highest BCUT2D eigenvalue weighted by molar-refractivity contribution is 7.12. The molecule has 0 fully saturated rings. The molecular weight excluding hydrogens is 402 g/mol. The van der Waals surface area contributed by atoms with Crippen LogP contribution in [0.25, 0.3) is 0 Å². The Kier molecular flexibility index (Phi) is 7.73. The van der Waals surface area contributed by atoms with E-state index in [1.54, 1.807) is 18.4 Å². The van der Waals surface area contributed by atoms with Gasteiger partial charge in [0.25, 0.3) is 5.91 Å². The zero-order chi connectivity index (χ0) is 21.5. The molecule has 3 rings (SSSR count). The number of thiophene rings is 1. The Balaban J connectivity index is 1.84. The van der Waals surface area contributed by atoms with Crippen LogP contribution in [0.2, 0.25) is 0 Å². The fraction of sp³-hybridized carbons (Fsp3) is 0.409. The normalized spacial score (nSPS) is 15.9. The van der Waals surface area contributed by atoms with Gasteiger partial charge in [0, 0.05) is 27.2 Å². The van der Waals surface area contributed by atoms with Crippen molar-refractivity contribution in [1.82, 2.24) is 9.91 Å². The molecule has 8 heteroatoms. The number of hydrogen-bond acceptors (Lipinski definition) is 6. The number of aryl methyl sites for hydroxylation is 1. The molecular formula is C22H27N3O4S. The Morgan fingerprint density at radius 2 is 1.97 bits per heavy atom. The molecule has 1 aromatic carbocycles. The topological polar surface area (TPSA) is 71.4 Å². The Hall–Kier alpha value is -2.55. The molecule has 0 N–H and O–H groups in total. The Morgan fingerprint density at radius 1 is 1.20 bits per heavy atom. The molecule has 1 atom stereocenters. The lowest BCUT2D eigenvalue weighted by Gasteiger charge is -2.27. The lowest BCUT2D eigenvalue weighted by molar-refractivity contribution is -0.144. The highest BCUT2D eigenvalue weighted by atomic mass is 32.1. The second-order valence-corrected chi connectivity index (χ2v) is 8.08. The van der Waals surface area contributed by atoms with Gasteiger partial charge in [0.15, 0.2) is 0 Å². The Morgan fingerprint density at radius 3 is 2.60 bits per heavy atom. The zero-order valence-corrected chi connectivity index (χ0v) is 18.4. The number of carbonyl (C=O) groups is 2. The van der Waals surface area contributed by atoms with Gasteiger partial charge in [-0.15, -0.1) is 11.3 Å². The number of benzene rings is 1. The number of ether oxygens (including phenoxy) is 2. The van der Waals surface area contributed by atoms with Crippen molar-refractivity contribution in [2.45, 2.75) is 19.4 Å². The average molecular weight is 430 g/mol. The van der Waals surface area contributed by atoms with Crippen LogP contribution in [-0.4, -0.2) is 68.0 Å². The minimum atomic E-state index is -0.253. The van der Waals surface area contributed by atoms with E-state index in [1.807, 2.05) is 48.7 Å². The number of hydrazone groups is 1. The van der Waals surface area contributed by atoms with Crippen LogP contribution < -0.4 is 0 Å². The van der Waals surface area contributed by atoms with E-state index in [4.69, 9.17) is 9.47 Å². The third-order valence-corrected chi connectivity index (χ3v) is 5.86. The molecule has 2 aromatic rings. The number of amides is 2. The van der Waals surface area contributed by atoms with Crippen LogP contribution in [0.15, 0.2) is 46.9 Å². The van der Waals surface area contributed by atoms with Crippen molar-refractivity contribution in [3.63, 3.8) is 0 Å². The maximum atomic E-state index is 13.2. The SMILES string of the molecule is COCCN(CC(=O)N1N=C(c2cccs2)C[C@H]1c1ccc(C)cc1)C(=O)COC. The molecule has 2 heterocycles. The maximum Gasteiger partial charge on any atom is 0.262 e. The molecule has 0 unspecified atom stereocenters. The van der Waals surface area contributed by atoms with Gasteiger partial charge in [-0.1, -0.05) is 35.9 Å². The molecule has 0 radical (unpaired) electrons. The van der Waals surface area contributed by atoms with Crippen molar-refractivity contribution in [1.29, 1.82) is 0 Å². The van der Waals surface area contributed by atoms with Crippen LogP contribution in [0, 0.1) is 6.92 Å². The predicted molar refractivity (Wildman–Crippen MR) is 117 cm³/mol. The summed E-state index contributed by atoms with van der Waals surface area (Å²) in [6, 6.07) is 11.9. The van der Waals surface area contributed by atoms with Gasteiger partial charge in [0.2, 0.25) is 5.91 Å². The van der Waals surface area contributed by atoms with E-state index in [-0.39, 0.29) is 31.0 Å². The molecule has 0 spiro atoms. The molecule has 160 valence electrons. The van der Waals surface area contributed by atoms with Gasteiger partial charge in [-0.3, -0.25) is 9.59 Å². The lowest BCUT2D eigenvalue weighted by Crippen LogP contribution is -2.44. The fourth-order valence-corrected chi connectivity index (χ4v) is 4.05. The quantitative estimate of drug-likeness (QED) is 0.615. The number of rotatable bonds is 9. The van der Waals surface area contributed by atoms with Crippen LogP contribution in [-0.2, 0) is 19.1 Å². The number of methoxy groups -OCH3 is 2. The highest BCUT2D eigenvalue weighted by Gasteiger charge is 2.34. The molecule has 0 saturated carbocycles. The first-order chi connectivity index (χ1) is 14.5. The summed E-state index contributed by atoms with van der Waals surface area (Å²) in [5, 5.41) is 8.19. The standard InChI is InChI=1S/C22H27N3O4S/c1-16-6-8-17(9-7-16)19-13-18(20-5-4-12-30-20)23-25(19)21(26)14-24(10-11-28-2)22(27)15-29-3/h4-9,12,19H,10-11,13-15H2,1-3H3/t19-/m0/s1. The van der Waals surface area contributed by atoms with Crippen molar-refractivity contribution in [3.05, 3.63) is 57.8 Å². The van der Waals surface area contributed by atoms with Gasteiger partial charge in [-0.2, -0.15) is 5.10 Å². The van der Waals surface area contributed by atoms with Crippen LogP contribution in [0.3, 0.4) is 0 Å². The van der Waals surface area contributed by atoms with Gasteiger partial charge in [-0.25, -0.2) is 5.01 Å². The molecule has 0 saturated heterocycles. The van der Waals surface area contributed by atoms with Crippen molar-refractivity contribution < 1.29 is 19.1 Å². The number of carbonyl (C=O) groups excluding carboxylic acids is 2. The van der Waals surface area contributed by atoms with E-state index >= 15 is 0 Å². The van der Waals surface area contributed by atoms with Crippen LogP contribution in [0.4, 0.5) is 0 Å². The van der Waals surface area contributed by atoms with Crippen molar-refractivity contribution in [2.24, 2.45) is 5.10 Å². The van der Waals surface area contributed by atoms with E-state index in [9.17, 15) is 9.59 Å². The summed E-state index contributed by atoms with van der Waals surface area (Å²) < 4.78 is 10.0. The second kappa shape index (κ2) is 10.5. The first kappa shape index (κ1) is 22.1. The minimum Gasteiger partial charge on any atom is -0.383 e. The maximum absolute atomic E-state index is 13.2.